The van der Waals surface area contributed by atoms with Crippen LogP contribution in [0.3, 0.4) is 0 Å². The lowest BCUT2D eigenvalue weighted by Crippen LogP contribution is -2.37. The molecule has 3 aromatic rings. The molecular formula is C22H24N2O3S. The third kappa shape index (κ3) is 4.19. The van der Waals surface area contributed by atoms with Gasteiger partial charge in [-0.05, 0) is 47.4 Å². The van der Waals surface area contributed by atoms with Gasteiger partial charge in [0.15, 0.2) is 0 Å². The fraction of sp³-hybridized carbons (Fsp3) is 0.273. The Hall–Kier alpha value is -2.41. The highest BCUT2D eigenvalue weighted by molar-refractivity contribution is 7.90. The standard InChI is InChI=1S/C22H24N2O3S/c25-28(26,24-11-1-2-12-24)22-8-6-20(7-9-22)21-5-3-4-19(18-21)10-13-23-14-16-27-17-15-23/h1-9,11-12,18H,10,13-17H2. The van der Waals surface area contributed by atoms with E-state index in [0.29, 0.717) is 0 Å². The van der Waals surface area contributed by atoms with Crippen LogP contribution in [0.1, 0.15) is 5.56 Å². The van der Waals surface area contributed by atoms with E-state index in [-0.39, 0.29) is 4.90 Å². The Labute approximate surface area is 166 Å². The lowest BCUT2D eigenvalue weighted by Gasteiger charge is -2.26. The van der Waals surface area contributed by atoms with Gasteiger partial charge in [0.2, 0.25) is 0 Å². The number of benzene rings is 2. The Bertz CT molecular complexity index is 1010. The normalized spacial score (nSPS) is 15.6. The Kier molecular flexibility index (Phi) is 5.62. The van der Waals surface area contributed by atoms with Crippen molar-refractivity contribution in [2.24, 2.45) is 0 Å². The van der Waals surface area contributed by atoms with Crippen LogP contribution < -0.4 is 0 Å². The van der Waals surface area contributed by atoms with E-state index < -0.39 is 10.0 Å². The predicted molar refractivity (Wildman–Crippen MR) is 110 cm³/mol. The molecule has 1 aliphatic rings. The largest absolute Gasteiger partial charge is 0.379 e. The first-order valence-electron chi connectivity index (χ1n) is 9.51. The molecule has 0 unspecified atom stereocenters. The van der Waals surface area contributed by atoms with Gasteiger partial charge in [0.05, 0.1) is 18.1 Å². The molecule has 2 aromatic carbocycles. The van der Waals surface area contributed by atoms with E-state index in [9.17, 15) is 8.42 Å². The maximum Gasteiger partial charge on any atom is 0.267 e. The molecule has 1 saturated heterocycles. The minimum Gasteiger partial charge on any atom is -0.379 e. The molecule has 0 amide bonds. The topological polar surface area (TPSA) is 51.5 Å². The Balaban J connectivity index is 1.48. The molecule has 28 heavy (non-hydrogen) atoms. The lowest BCUT2D eigenvalue weighted by atomic mass is 10.0. The molecule has 5 nitrogen and oxygen atoms in total. The quantitative estimate of drug-likeness (QED) is 0.642. The van der Waals surface area contributed by atoms with Gasteiger partial charge in [-0.3, -0.25) is 4.90 Å². The maximum absolute atomic E-state index is 12.6. The van der Waals surface area contributed by atoms with Crippen molar-refractivity contribution < 1.29 is 13.2 Å². The number of nitrogens with zero attached hydrogens (tertiary/aromatic N) is 2. The number of rotatable bonds is 6. The van der Waals surface area contributed by atoms with Gasteiger partial charge in [-0.15, -0.1) is 0 Å². The zero-order valence-corrected chi connectivity index (χ0v) is 16.5. The molecule has 0 N–H and O–H groups in total. The summed E-state index contributed by atoms with van der Waals surface area (Å²) in [7, 11) is -3.52. The van der Waals surface area contributed by atoms with E-state index >= 15 is 0 Å². The van der Waals surface area contributed by atoms with Crippen molar-refractivity contribution in [3.63, 3.8) is 0 Å². The zero-order valence-electron chi connectivity index (χ0n) is 15.7. The summed E-state index contributed by atoms with van der Waals surface area (Å²) in [6.07, 6.45) is 4.08. The maximum atomic E-state index is 12.6. The first kappa shape index (κ1) is 18.9. The fourth-order valence-electron chi connectivity index (χ4n) is 3.44. The third-order valence-electron chi connectivity index (χ3n) is 5.09. The van der Waals surface area contributed by atoms with Crippen molar-refractivity contribution in [1.29, 1.82) is 0 Å². The van der Waals surface area contributed by atoms with Crippen LogP contribution in [0.25, 0.3) is 11.1 Å². The molecule has 0 bridgehead atoms. The number of ether oxygens (including phenoxy) is 1. The number of aromatic nitrogens is 1. The Morgan fingerprint density at radius 1 is 0.857 bits per heavy atom. The molecule has 0 radical (unpaired) electrons. The van der Waals surface area contributed by atoms with Crippen LogP contribution in [-0.4, -0.2) is 50.1 Å². The van der Waals surface area contributed by atoms with Gasteiger partial charge >= 0.3 is 0 Å². The van der Waals surface area contributed by atoms with Crippen LogP contribution >= 0.6 is 0 Å². The molecule has 0 saturated carbocycles. The van der Waals surface area contributed by atoms with Gasteiger partial charge in [-0.1, -0.05) is 36.4 Å². The van der Waals surface area contributed by atoms with E-state index in [1.807, 2.05) is 12.1 Å². The number of morpholine rings is 1. The van der Waals surface area contributed by atoms with Gasteiger partial charge < -0.3 is 4.74 Å². The minimum atomic E-state index is -3.52. The van der Waals surface area contributed by atoms with Gasteiger partial charge in [0, 0.05) is 32.0 Å². The van der Waals surface area contributed by atoms with E-state index in [0.717, 1.165) is 50.4 Å². The van der Waals surface area contributed by atoms with Gasteiger partial charge in [0.1, 0.15) is 0 Å². The highest BCUT2D eigenvalue weighted by Gasteiger charge is 2.15. The lowest BCUT2D eigenvalue weighted by molar-refractivity contribution is 0.0384. The summed E-state index contributed by atoms with van der Waals surface area (Å²) < 4.78 is 31.8. The van der Waals surface area contributed by atoms with Crippen molar-refractivity contribution in [2.75, 3.05) is 32.8 Å². The summed E-state index contributed by atoms with van der Waals surface area (Å²) in [5.41, 5.74) is 3.40. The second-order valence-corrected chi connectivity index (χ2v) is 8.79. The molecule has 1 fully saturated rings. The predicted octanol–water partition coefficient (Wildman–Crippen LogP) is 3.27. The smallest absolute Gasteiger partial charge is 0.267 e. The third-order valence-corrected chi connectivity index (χ3v) is 6.75. The summed E-state index contributed by atoms with van der Waals surface area (Å²) in [6, 6.07) is 19.0. The Morgan fingerprint density at radius 2 is 1.57 bits per heavy atom. The fourth-order valence-corrected chi connectivity index (χ4v) is 4.62. The molecule has 146 valence electrons. The van der Waals surface area contributed by atoms with Crippen molar-refractivity contribution in [1.82, 2.24) is 8.87 Å². The van der Waals surface area contributed by atoms with E-state index in [1.165, 1.54) is 9.54 Å². The van der Waals surface area contributed by atoms with Crippen molar-refractivity contribution in [2.45, 2.75) is 11.3 Å². The highest BCUT2D eigenvalue weighted by Crippen LogP contribution is 2.23. The van der Waals surface area contributed by atoms with Crippen LogP contribution in [0, 0.1) is 0 Å². The van der Waals surface area contributed by atoms with Gasteiger partial charge in [0.25, 0.3) is 10.0 Å². The van der Waals surface area contributed by atoms with Crippen LogP contribution in [-0.2, 0) is 21.2 Å². The van der Waals surface area contributed by atoms with Gasteiger partial charge in [-0.2, -0.15) is 0 Å². The summed E-state index contributed by atoms with van der Waals surface area (Å²) in [4.78, 5) is 2.72. The first-order valence-corrected chi connectivity index (χ1v) is 10.9. The van der Waals surface area contributed by atoms with Crippen molar-refractivity contribution in [3.8, 4) is 11.1 Å². The molecule has 0 spiro atoms. The SMILES string of the molecule is O=S(=O)(c1ccc(-c2cccc(CCN3CCOCC3)c2)cc1)n1cccc1. The van der Waals surface area contributed by atoms with Crippen LogP contribution in [0.2, 0.25) is 0 Å². The molecule has 6 heteroatoms. The monoisotopic (exact) mass is 396 g/mol. The van der Waals surface area contributed by atoms with Crippen molar-refractivity contribution in [3.05, 3.63) is 78.6 Å². The van der Waals surface area contributed by atoms with Crippen molar-refractivity contribution >= 4 is 10.0 Å². The summed E-state index contributed by atoms with van der Waals surface area (Å²) >= 11 is 0. The average Bonchev–Trinajstić information content (AvgIpc) is 3.29. The molecule has 0 atom stereocenters. The first-order chi connectivity index (χ1) is 13.6. The molecule has 2 heterocycles. The van der Waals surface area contributed by atoms with E-state index in [1.54, 1.807) is 36.7 Å². The molecule has 1 aromatic heterocycles. The molecule has 0 aliphatic carbocycles. The summed E-state index contributed by atoms with van der Waals surface area (Å²) in [6.45, 7) is 4.66. The summed E-state index contributed by atoms with van der Waals surface area (Å²) in [5, 5.41) is 0. The highest BCUT2D eigenvalue weighted by atomic mass is 32.2. The molecule has 1 aliphatic heterocycles. The molecular weight excluding hydrogens is 372 g/mol. The number of hydrogen-bond acceptors (Lipinski definition) is 4. The van der Waals surface area contributed by atoms with Crippen LogP contribution in [0.4, 0.5) is 0 Å². The van der Waals surface area contributed by atoms with Gasteiger partial charge in [-0.25, -0.2) is 12.4 Å². The second-order valence-electron chi connectivity index (χ2n) is 6.95. The van der Waals surface area contributed by atoms with Crippen LogP contribution in [0.5, 0.6) is 0 Å². The Morgan fingerprint density at radius 3 is 2.29 bits per heavy atom. The summed E-state index contributed by atoms with van der Waals surface area (Å²) in [5.74, 6) is 0. The zero-order chi connectivity index (χ0) is 19.4. The van der Waals surface area contributed by atoms with E-state index in [4.69, 9.17) is 4.74 Å². The minimum absolute atomic E-state index is 0.288. The van der Waals surface area contributed by atoms with E-state index in [2.05, 4.69) is 29.2 Å². The average molecular weight is 397 g/mol. The van der Waals surface area contributed by atoms with Crippen LogP contribution in [0.15, 0.2) is 78.0 Å². The second kappa shape index (κ2) is 8.31. The number of hydrogen-bond donors (Lipinski definition) is 0. The molecule has 4 rings (SSSR count).